The van der Waals surface area contributed by atoms with Crippen molar-refractivity contribution in [3.05, 3.63) is 29.8 Å². The van der Waals surface area contributed by atoms with Gasteiger partial charge in [0.15, 0.2) is 0 Å². The molecule has 0 spiro atoms. The van der Waals surface area contributed by atoms with Crippen LogP contribution in [0.1, 0.15) is 36.0 Å². The van der Waals surface area contributed by atoms with Crippen LogP contribution >= 0.6 is 0 Å². The molecule has 1 amide bonds. The summed E-state index contributed by atoms with van der Waals surface area (Å²) in [5.74, 6) is 0.770. The Morgan fingerprint density at radius 1 is 1.12 bits per heavy atom. The second-order valence-corrected chi connectivity index (χ2v) is 4.41. The Bertz CT molecular complexity index is 382. The highest BCUT2D eigenvalue weighted by Crippen LogP contribution is 2.21. The molecule has 1 aliphatic rings. The third-order valence-corrected chi connectivity index (χ3v) is 3.23. The molecule has 1 saturated heterocycles. The standard InChI is InChI=1S/C14H19NO2/c1-17-13-9-5-4-8-12(13)14(16)15-10-6-2-3-7-11-15/h4-5,8-9H,2-3,6-7,10-11H2,1H3. The van der Waals surface area contributed by atoms with Crippen molar-refractivity contribution in [2.75, 3.05) is 20.2 Å². The van der Waals surface area contributed by atoms with E-state index in [2.05, 4.69) is 0 Å². The smallest absolute Gasteiger partial charge is 0.257 e. The third kappa shape index (κ3) is 2.78. The van der Waals surface area contributed by atoms with Crippen LogP contribution in [0.25, 0.3) is 0 Å². The van der Waals surface area contributed by atoms with E-state index in [0.717, 1.165) is 25.9 Å². The maximum absolute atomic E-state index is 12.4. The summed E-state index contributed by atoms with van der Waals surface area (Å²) < 4.78 is 5.24. The zero-order valence-electron chi connectivity index (χ0n) is 10.3. The number of hydrogen-bond acceptors (Lipinski definition) is 2. The zero-order valence-corrected chi connectivity index (χ0v) is 10.3. The number of hydrogen-bond donors (Lipinski definition) is 0. The molecule has 3 nitrogen and oxygen atoms in total. The topological polar surface area (TPSA) is 29.5 Å². The Balaban J connectivity index is 2.17. The molecular formula is C14H19NO2. The van der Waals surface area contributed by atoms with E-state index in [1.807, 2.05) is 29.2 Å². The van der Waals surface area contributed by atoms with Gasteiger partial charge in [0.05, 0.1) is 12.7 Å². The summed E-state index contributed by atoms with van der Waals surface area (Å²) in [7, 11) is 1.61. The van der Waals surface area contributed by atoms with Crippen molar-refractivity contribution >= 4 is 5.91 Å². The SMILES string of the molecule is COc1ccccc1C(=O)N1CCCCCC1. The molecule has 1 aliphatic heterocycles. The Kier molecular flexibility index (Phi) is 4.02. The Morgan fingerprint density at radius 2 is 1.76 bits per heavy atom. The second kappa shape index (κ2) is 5.71. The van der Waals surface area contributed by atoms with Crippen molar-refractivity contribution in [2.45, 2.75) is 25.7 Å². The van der Waals surface area contributed by atoms with Crippen molar-refractivity contribution in [1.82, 2.24) is 4.90 Å². The van der Waals surface area contributed by atoms with Crippen LogP contribution in [-0.4, -0.2) is 31.0 Å². The molecule has 0 unspecified atom stereocenters. The van der Waals surface area contributed by atoms with E-state index in [1.54, 1.807) is 7.11 Å². The van der Waals surface area contributed by atoms with Gasteiger partial charge in [-0.15, -0.1) is 0 Å². The lowest BCUT2D eigenvalue weighted by molar-refractivity contribution is 0.0758. The van der Waals surface area contributed by atoms with Crippen molar-refractivity contribution in [3.63, 3.8) is 0 Å². The largest absolute Gasteiger partial charge is 0.496 e. The van der Waals surface area contributed by atoms with E-state index < -0.39 is 0 Å². The van der Waals surface area contributed by atoms with E-state index in [0.29, 0.717) is 11.3 Å². The molecule has 2 rings (SSSR count). The molecule has 3 heteroatoms. The van der Waals surface area contributed by atoms with Gasteiger partial charge in [-0.1, -0.05) is 25.0 Å². The van der Waals surface area contributed by atoms with Gasteiger partial charge in [-0.2, -0.15) is 0 Å². The predicted octanol–water partition coefficient (Wildman–Crippen LogP) is 2.71. The number of ether oxygens (including phenoxy) is 1. The first-order valence-electron chi connectivity index (χ1n) is 6.25. The van der Waals surface area contributed by atoms with Gasteiger partial charge in [0, 0.05) is 13.1 Å². The molecule has 0 saturated carbocycles. The summed E-state index contributed by atoms with van der Waals surface area (Å²) in [6, 6.07) is 7.45. The van der Waals surface area contributed by atoms with Crippen LogP contribution in [0.4, 0.5) is 0 Å². The zero-order chi connectivity index (χ0) is 12.1. The molecule has 92 valence electrons. The molecule has 1 aromatic carbocycles. The average molecular weight is 233 g/mol. The number of benzene rings is 1. The normalized spacial score (nSPS) is 16.4. The maximum Gasteiger partial charge on any atom is 0.257 e. The summed E-state index contributed by atoms with van der Waals surface area (Å²) in [4.78, 5) is 14.3. The van der Waals surface area contributed by atoms with Crippen molar-refractivity contribution in [2.24, 2.45) is 0 Å². The fourth-order valence-electron chi connectivity index (χ4n) is 2.27. The number of para-hydroxylation sites is 1. The first-order valence-corrected chi connectivity index (χ1v) is 6.25. The predicted molar refractivity (Wildman–Crippen MR) is 67.4 cm³/mol. The second-order valence-electron chi connectivity index (χ2n) is 4.41. The molecular weight excluding hydrogens is 214 g/mol. The van der Waals surface area contributed by atoms with Gasteiger partial charge in [-0.05, 0) is 25.0 Å². The van der Waals surface area contributed by atoms with E-state index in [1.165, 1.54) is 12.8 Å². The number of nitrogens with zero attached hydrogens (tertiary/aromatic N) is 1. The van der Waals surface area contributed by atoms with Crippen LogP contribution in [0.3, 0.4) is 0 Å². The molecule has 0 N–H and O–H groups in total. The van der Waals surface area contributed by atoms with Crippen LogP contribution in [0.5, 0.6) is 5.75 Å². The molecule has 1 heterocycles. The summed E-state index contributed by atoms with van der Waals surface area (Å²) in [6.45, 7) is 1.74. The van der Waals surface area contributed by atoms with E-state index in [-0.39, 0.29) is 5.91 Å². The van der Waals surface area contributed by atoms with Crippen molar-refractivity contribution < 1.29 is 9.53 Å². The summed E-state index contributed by atoms with van der Waals surface area (Å²) in [6.07, 6.45) is 4.69. The number of carbonyl (C=O) groups excluding carboxylic acids is 1. The van der Waals surface area contributed by atoms with Gasteiger partial charge in [0.25, 0.3) is 5.91 Å². The lowest BCUT2D eigenvalue weighted by Gasteiger charge is -2.21. The van der Waals surface area contributed by atoms with Crippen molar-refractivity contribution in [1.29, 1.82) is 0 Å². The molecule has 1 aromatic rings. The average Bonchev–Trinajstić information content (AvgIpc) is 2.66. The molecule has 0 radical (unpaired) electrons. The summed E-state index contributed by atoms with van der Waals surface area (Å²) >= 11 is 0. The van der Waals surface area contributed by atoms with Crippen molar-refractivity contribution in [3.8, 4) is 5.75 Å². The van der Waals surface area contributed by atoms with E-state index >= 15 is 0 Å². The molecule has 0 aliphatic carbocycles. The van der Waals surface area contributed by atoms with Gasteiger partial charge in [-0.25, -0.2) is 0 Å². The third-order valence-electron chi connectivity index (χ3n) is 3.23. The Morgan fingerprint density at radius 3 is 2.41 bits per heavy atom. The molecule has 17 heavy (non-hydrogen) atoms. The van der Waals surface area contributed by atoms with Crippen LogP contribution in [0.2, 0.25) is 0 Å². The van der Waals surface area contributed by atoms with E-state index in [4.69, 9.17) is 4.74 Å². The van der Waals surface area contributed by atoms with Crippen LogP contribution in [0, 0.1) is 0 Å². The van der Waals surface area contributed by atoms with Gasteiger partial charge in [0.1, 0.15) is 5.75 Å². The Hall–Kier alpha value is -1.51. The number of methoxy groups -OCH3 is 1. The fraction of sp³-hybridized carbons (Fsp3) is 0.500. The minimum absolute atomic E-state index is 0.101. The van der Waals surface area contributed by atoms with Crippen LogP contribution < -0.4 is 4.74 Å². The van der Waals surface area contributed by atoms with Crippen LogP contribution in [0.15, 0.2) is 24.3 Å². The number of amides is 1. The summed E-state index contributed by atoms with van der Waals surface area (Å²) in [5.41, 5.74) is 0.678. The summed E-state index contributed by atoms with van der Waals surface area (Å²) in [5, 5.41) is 0. The fourth-order valence-corrected chi connectivity index (χ4v) is 2.27. The van der Waals surface area contributed by atoms with Gasteiger partial charge in [-0.3, -0.25) is 4.79 Å². The first kappa shape index (κ1) is 12.0. The van der Waals surface area contributed by atoms with Gasteiger partial charge in [0.2, 0.25) is 0 Å². The molecule has 0 bridgehead atoms. The Labute approximate surface area is 102 Å². The highest BCUT2D eigenvalue weighted by atomic mass is 16.5. The highest BCUT2D eigenvalue weighted by Gasteiger charge is 2.19. The molecule has 1 fully saturated rings. The first-order chi connectivity index (χ1) is 8.33. The van der Waals surface area contributed by atoms with Gasteiger partial charge < -0.3 is 9.64 Å². The minimum atomic E-state index is 0.101. The number of carbonyl (C=O) groups is 1. The highest BCUT2D eigenvalue weighted by molar-refractivity contribution is 5.96. The maximum atomic E-state index is 12.4. The molecule has 0 atom stereocenters. The van der Waals surface area contributed by atoms with Crippen LogP contribution in [-0.2, 0) is 0 Å². The molecule has 0 aromatic heterocycles. The number of likely N-dealkylation sites (tertiary alicyclic amines) is 1. The lowest BCUT2D eigenvalue weighted by Crippen LogP contribution is -2.32. The quantitative estimate of drug-likeness (QED) is 0.786. The number of rotatable bonds is 2. The minimum Gasteiger partial charge on any atom is -0.496 e. The monoisotopic (exact) mass is 233 g/mol. The van der Waals surface area contributed by atoms with Gasteiger partial charge >= 0.3 is 0 Å². The lowest BCUT2D eigenvalue weighted by atomic mass is 10.1. The van der Waals surface area contributed by atoms with E-state index in [9.17, 15) is 4.79 Å².